The molecule has 1 fully saturated rings. The Hall–Kier alpha value is -4.40. The molecule has 2 aliphatic rings. The van der Waals surface area contributed by atoms with Crippen molar-refractivity contribution in [2.75, 3.05) is 48.0 Å². The van der Waals surface area contributed by atoms with Gasteiger partial charge in [-0.15, -0.1) is 0 Å². The Morgan fingerprint density at radius 3 is 1.97 bits per heavy atom. The molecule has 0 saturated carbocycles. The highest BCUT2D eigenvalue weighted by Crippen LogP contribution is 2.37. The second kappa shape index (κ2) is 8.51. The number of para-hydroxylation sites is 1. The summed E-state index contributed by atoms with van der Waals surface area (Å²) in [6.45, 7) is 2.39. The van der Waals surface area contributed by atoms with E-state index < -0.39 is 16.7 Å². The summed E-state index contributed by atoms with van der Waals surface area (Å²) in [6, 6.07) is 19.1. The number of anilines is 3. The molecule has 0 atom stereocenters. The minimum Gasteiger partial charge on any atom is -0.497 e. The first-order chi connectivity index (χ1) is 16.5. The second-order valence-electron chi connectivity index (χ2n) is 8.10. The molecule has 172 valence electrons. The molecule has 0 aliphatic carbocycles. The molecule has 0 bridgehead atoms. The lowest BCUT2D eigenvalue weighted by Crippen LogP contribution is -2.46. The molecule has 0 aromatic heterocycles. The third-order valence-electron chi connectivity index (χ3n) is 6.25. The van der Waals surface area contributed by atoms with Crippen molar-refractivity contribution in [1.29, 1.82) is 0 Å². The van der Waals surface area contributed by atoms with E-state index in [1.54, 1.807) is 37.4 Å². The van der Waals surface area contributed by atoms with E-state index >= 15 is 0 Å². The average Bonchev–Trinajstić information content (AvgIpc) is 3.13. The normalized spacial score (nSPS) is 15.5. The molecular formula is C25H22N4O5. The van der Waals surface area contributed by atoms with E-state index in [2.05, 4.69) is 4.90 Å². The van der Waals surface area contributed by atoms with Crippen LogP contribution in [0.4, 0.5) is 22.7 Å². The number of imide groups is 1. The van der Waals surface area contributed by atoms with Crippen molar-refractivity contribution in [2.24, 2.45) is 0 Å². The highest BCUT2D eigenvalue weighted by Gasteiger charge is 2.40. The molecule has 2 aliphatic heterocycles. The van der Waals surface area contributed by atoms with Gasteiger partial charge in [-0.25, -0.2) is 4.90 Å². The van der Waals surface area contributed by atoms with Crippen LogP contribution in [0.3, 0.4) is 0 Å². The molecule has 34 heavy (non-hydrogen) atoms. The highest BCUT2D eigenvalue weighted by molar-refractivity contribution is 6.35. The number of nitro groups is 1. The summed E-state index contributed by atoms with van der Waals surface area (Å²) in [4.78, 5) is 42.7. The van der Waals surface area contributed by atoms with E-state index in [-0.39, 0.29) is 16.8 Å². The number of rotatable bonds is 5. The number of carbonyl (C=O) groups excluding carboxylic acids is 2. The van der Waals surface area contributed by atoms with E-state index in [9.17, 15) is 19.7 Å². The summed E-state index contributed by atoms with van der Waals surface area (Å²) in [5, 5.41) is 11.9. The van der Waals surface area contributed by atoms with Crippen LogP contribution >= 0.6 is 0 Å². The summed E-state index contributed by atoms with van der Waals surface area (Å²) < 4.78 is 5.21. The summed E-state index contributed by atoms with van der Waals surface area (Å²) in [7, 11) is 1.62. The zero-order valence-corrected chi connectivity index (χ0v) is 18.5. The third kappa shape index (κ3) is 3.61. The van der Waals surface area contributed by atoms with E-state index in [4.69, 9.17) is 4.74 Å². The molecule has 3 aromatic rings. The Balaban J connectivity index is 1.42. The van der Waals surface area contributed by atoms with Gasteiger partial charge >= 0.3 is 0 Å². The van der Waals surface area contributed by atoms with Gasteiger partial charge in [-0.1, -0.05) is 18.2 Å². The summed E-state index contributed by atoms with van der Waals surface area (Å²) in [5.41, 5.74) is 1.91. The van der Waals surface area contributed by atoms with E-state index in [0.717, 1.165) is 16.3 Å². The van der Waals surface area contributed by atoms with Crippen molar-refractivity contribution in [3.05, 3.63) is 88.0 Å². The molecule has 2 heterocycles. The summed E-state index contributed by atoms with van der Waals surface area (Å²) in [6.07, 6.45) is 0. The molecule has 0 N–H and O–H groups in total. The summed E-state index contributed by atoms with van der Waals surface area (Å²) in [5.74, 6) is -0.246. The quantitative estimate of drug-likeness (QED) is 0.327. The van der Waals surface area contributed by atoms with E-state index in [1.165, 1.54) is 12.1 Å². The van der Waals surface area contributed by atoms with Gasteiger partial charge in [-0.3, -0.25) is 19.7 Å². The molecule has 0 radical (unpaired) electrons. The Bertz CT molecular complexity index is 1270. The third-order valence-corrected chi connectivity index (χ3v) is 6.25. The number of hydrogen-bond donors (Lipinski definition) is 0. The van der Waals surface area contributed by atoms with Crippen LogP contribution in [0.1, 0.15) is 20.7 Å². The zero-order valence-electron chi connectivity index (χ0n) is 18.5. The van der Waals surface area contributed by atoms with Gasteiger partial charge in [-0.2, -0.15) is 0 Å². The molecule has 0 unspecified atom stereocenters. The van der Waals surface area contributed by atoms with Crippen LogP contribution < -0.4 is 19.4 Å². The van der Waals surface area contributed by atoms with Crippen LogP contribution in [0, 0.1) is 10.1 Å². The molecule has 9 nitrogen and oxygen atoms in total. The second-order valence-corrected chi connectivity index (χ2v) is 8.10. The maximum atomic E-state index is 13.1. The molecule has 9 heteroatoms. The number of carbonyl (C=O) groups is 2. The highest BCUT2D eigenvalue weighted by atomic mass is 16.6. The number of methoxy groups -OCH3 is 1. The van der Waals surface area contributed by atoms with Gasteiger partial charge in [0.05, 0.1) is 28.8 Å². The number of benzene rings is 3. The van der Waals surface area contributed by atoms with Gasteiger partial charge in [0.2, 0.25) is 0 Å². The maximum absolute atomic E-state index is 13.1. The topological polar surface area (TPSA) is 96.2 Å². The maximum Gasteiger partial charge on any atom is 0.293 e. The molecular weight excluding hydrogens is 436 g/mol. The van der Waals surface area contributed by atoms with Crippen LogP contribution in [0.25, 0.3) is 0 Å². The van der Waals surface area contributed by atoms with Crippen molar-refractivity contribution in [1.82, 2.24) is 0 Å². The Morgan fingerprint density at radius 2 is 1.38 bits per heavy atom. The lowest BCUT2D eigenvalue weighted by molar-refractivity contribution is -0.384. The standard InChI is InChI=1S/C25H22N4O5/c1-34-19-9-7-17(8-10-19)26-11-13-27(14-12-26)22-15-20-21(16-23(22)29(32)33)25(31)28(24(20)30)18-5-3-2-4-6-18/h2-10,15-16H,11-14H2,1H3. The van der Waals surface area contributed by atoms with Gasteiger partial charge in [0, 0.05) is 37.9 Å². The van der Waals surface area contributed by atoms with Gasteiger partial charge in [0.15, 0.2) is 0 Å². The van der Waals surface area contributed by atoms with Crippen molar-refractivity contribution < 1.29 is 19.2 Å². The van der Waals surface area contributed by atoms with Crippen molar-refractivity contribution in [3.63, 3.8) is 0 Å². The van der Waals surface area contributed by atoms with Crippen molar-refractivity contribution in [2.45, 2.75) is 0 Å². The minimum atomic E-state index is -0.551. The number of hydrogen-bond acceptors (Lipinski definition) is 7. The van der Waals surface area contributed by atoms with Crippen molar-refractivity contribution in [3.8, 4) is 5.75 Å². The largest absolute Gasteiger partial charge is 0.497 e. The van der Waals surface area contributed by atoms with Gasteiger partial charge in [0.25, 0.3) is 17.5 Å². The lowest BCUT2D eigenvalue weighted by atomic mass is 10.1. The number of nitrogens with zero attached hydrogens (tertiary/aromatic N) is 4. The summed E-state index contributed by atoms with van der Waals surface area (Å²) >= 11 is 0. The van der Waals surface area contributed by atoms with Crippen LogP contribution in [-0.2, 0) is 0 Å². The monoisotopic (exact) mass is 458 g/mol. The van der Waals surface area contributed by atoms with Crippen molar-refractivity contribution >= 4 is 34.6 Å². The first kappa shape index (κ1) is 21.4. The Kier molecular flexibility index (Phi) is 5.37. The number of fused-ring (bicyclic) bond motifs is 1. The first-order valence-electron chi connectivity index (χ1n) is 10.9. The van der Waals surface area contributed by atoms with Gasteiger partial charge < -0.3 is 14.5 Å². The van der Waals surface area contributed by atoms with E-state index in [0.29, 0.717) is 37.6 Å². The van der Waals surface area contributed by atoms with Gasteiger partial charge in [0.1, 0.15) is 11.4 Å². The fraction of sp³-hybridized carbons (Fsp3) is 0.200. The van der Waals surface area contributed by atoms with Crippen LogP contribution in [0.15, 0.2) is 66.7 Å². The number of amides is 2. The predicted molar refractivity (Wildman–Crippen MR) is 128 cm³/mol. The predicted octanol–water partition coefficient (Wildman–Crippen LogP) is 3.73. The fourth-order valence-electron chi connectivity index (χ4n) is 4.47. The van der Waals surface area contributed by atoms with E-state index in [1.807, 2.05) is 29.2 Å². The smallest absolute Gasteiger partial charge is 0.293 e. The molecule has 5 rings (SSSR count). The number of ether oxygens (including phenoxy) is 1. The Labute approximate surface area is 195 Å². The Morgan fingerprint density at radius 1 is 0.794 bits per heavy atom. The molecule has 0 spiro atoms. The average molecular weight is 458 g/mol. The number of piperazine rings is 1. The number of nitro benzene ring substituents is 1. The minimum absolute atomic E-state index is 0.0566. The van der Waals surface area contributed by atoms with Crippen LogP contribution in [-0.4, -0.2) is 50.0 Å². The zero-order chi connectivity index (χ0) is 23.8. The molecule has 2 amide bonds. The van der Waals surface area contributed by atoms with Gasteiger partial charge in [-0.05, 0) is 42.5 Å². The first-order valence-corrected chi connectivity index (χ1v) is 10.9. The SMILES string of the molecule is COc1ccc(N2CCN(c3cc4c(cc3[N+](=O)[O-])C(=O)N(c3ccccc3)C4=O)CC2)cc1. The lowest BCUT2D eigenvalue weighted by Gasteiger charge is -2.37. The molecule has 3 aromatic carbocycles. The fourth-order valence-corrected chi connectivity index (χ4v) is 4.47. The van der Waals surface area contributed by atoms with Crippen LogP contribution in [0.5, 0.6) is 5.75 Å². The molecule has 1 saturated heterocycles. The van der Waals surface area contributed by atoms with Crippen LogP contribution in [0.2, 0.25) is 0 Å².